The SMILES string of the molecule is CC(C)=CCC/C(C)=C/CC[C@]1(C)Oc2c(c(O)cc3c2CN([C@@H](CCCN=C(N)N)C(=O)O)C3=O)C[C@@H]1O. The smallest absolute Gasteiger partial charge is 0.326 e. The first-order valence-corrected chi connectivity index (χ1v) is 13.5. The van der Waals surface area contributed by atoms with E-state index >= 15 is 0 Å². The lowest BCUT2D eigenvalue weighted by Gasteiger charge is -2.41. The molecule has 0 unspecified atom stereocenters. The minimum Gasteiger partial charge on any atom is -0.508 e. The molecular formula is C29H42N4O6. The number of ether oxygens (including phenoxy) is 1. The van der Waals surface area contributed by atoms with Crippen molar-refractivity contribution in [1.82, 2.24) is 4.90 Å². The predicted molar refractivity (Wildman–Crippen MR) is 150 cm³/mol. The van der Waals surface area contributed by atoms with Crippen molar-refractivity contribution in [3.05, 3.63) is 46.1 Å². The molecule has 39 heavy (non-hydrogen) atoms. The van der Waals surface area contributed by atoms with Gasteiger partial charge in [0.1, 0.15) is 23.1 Å². The van der Waals surface area contributed by atoms with Gasteiger partial charge < -0.3 is 36.4 Å². The Balaban J connectivity index is 1.80. The molecule has 1 aromatic rings. The molecular weight excluding hydrogens is 500 g/mol. The summed E-state index contributed by atoms with van der Waals surface area (Å²) in [6, 6.07) is 0.267. The van der Waals surface area contributed by atoms with E-state index in [4.69, 9.17) is 16.2 Å². The summed E-state index contributed by atoms with van der Waals surface area (Å²) in [4.78, 5) is 30.5. The number of carboxylic acid groups (broad SMARTS) is 1. The van der Waals surface area contributed by atoms with Crippen LogP contribution in [0, 0.1) is 0 Å². The lowest BCUT2D eigenvalue weighted by atomic mass is 9.84. The molecule has 214 valence electrons. The minimum atomic E-state index is -1.13. The predicted octanol–water partition coefficient (Wildman–Crippen LogP) is 3.38. The molecule has 1 amide bonds. The number of aliphatic carboxylic acids is 1. The van der Waals surface area contributed by atoms with Crippen LogP contribution in [0.25, 0.3) is 0 Å². The van der Waals surface area contributed by atoms with E-state index in [0.29, 0.717) is 36.1 Å². The number of aliphatic imine (C=N–C) groups is 1. The van der Waals surface area contributed by atoms with Crippen LogP contribution in [0.3, 0.4) is 0 Å². The molecule has 10 nitrogen and oxygen atoms in total. The van der Waals surface area contributed by atoms with Crippen LogP contribution in [0.5, 0.6) is 11.5 Å². The highest BCUT2D eigenvalue weighted by atomic mass is 16.5. The number of phenols is 1. The number of carbonyl (C=O) groups is 2. The van der Waals surface area contributed by atoms with E-state index in [1.165, 1.54) is 22.1 Å². The van der Waals surface area contributed by atoms with Gasteiger partial charge in [-0.2, -0.15) is 0 Å². The van der Waals surface area contributed by atoms with Crippen LogP contribution in [0.2, 0.25) is 0 Å². The molecule has 0 bridgehead atoms. The number of allylic oxidation sites excluding steroid dienone is 4. The van der Waals surface area contributed by atoms with Gasteiger partial charge in [-0.15, -0.1) is 0 Å². The largest absolute Gasteiger partial charge is 0.508 e. The number of carboxylic acids is 1. The maximum absolute atomic E-state index is 13.3. The molecule has 2 aliphatic heterocycles. The van der Waals surface area contributed by atoms with Gasteiger partial charge in [-0.1, -0.05) is 23.3 Å². The molecule has 0 aliphatic carbocycles. The zero-order valence-corrected chi connectivity index (χ0v) is 23.4. The van der Waals surface area contributed by atoms with Crippen LogP contribution in [0.1, 0.15) is 87.7 Å². The molecule has 0 aromatic heterocycles. The highest BCUT2D eigenvalue weighted by Crippen LogP contribution is 2.46. The molecule has 2 aliphatic rings. The standard InChI is InChI=1S/C29H42N4O6/c1-17(2)8-5-9-18(3)10-6-12-29(4)24(35)15-20-23(34)14-19-21(25(20)39-29)16-33(26(19)36)22(27(37)38)11-7-13-32-28(30)31/h8,10,14,22,24,34-35H,5-7,9,11-13,15-16H2,1-4H3,(H,37,38)(H4,30,31,32)/b18-10+/t22-,24-,29-/m0/s1. The number of guanidine groups is 1. The molecule has 3 atom stereocenters. The van der Waals surface area contributed by atoms with Crippen LogP contribution >= 0.6 is 0 Å². The highest BCUT2D eigenvalue weighted by Gasteiger charge is 2.45. The molecule has 7 N–H and O–H groups in total. The number of nitrogens with two attached hydrogens (primary N) is 2. The number of hydrogen-bond donors (Lipinski definition) is 5. The lowest BCUT2D eigenvalue weighted by molar-refractivity contribution is -0.142. The summed E-state index contributed by atoms with van der Waals surface area (Å²) in [6.07, 6.45) is 7.41. The Hall–Kier alpha value is -3.53. The number of aromatic hydroxyl groups is 1. The van der Waals surface area contributed by atoms with E-state index < -0.39 is 29.6 Å². The van der Waals surface area contributed by atoms with Gasteiger partial charge in [0, 0.05) is 24.1 Å². The van der Waals surface area contributed by atoms with Gasteiger partial charge in [0.25, 0.3) is 5.91 Å². The third-order valence-corrected chi connectivity index (χ3v) is 7.54. The minimum absolute atomic E-state index is 0.0333. The number of fused-ring (bicyclic) bond motifs is 3. The zero-order valence-electron chi connectivity index (χ0n) is 23.4. The van der Waals surface area contributed by atoms with E-state index in [1.807, 2.05) is 6.92 Å². The van der Waals surface area contributed by atoms with Crippen molar-refractivity contribution in [3.63, 3.8) is 0 Å². The Bertz CT molecular complexity index is 1180. The van der Waals surface area contributed by atoms with E-state index in [0.717, 1.165) is 12.8 Å². The van der Waals surface area contributed by atoms with Crippen LogP contribution in [0.4, 0.5) is 0 Å². The zero-order chi connectivity index (χ0) is 28.9. The van der Waals surface area contributed by atoms with Gasteiger partial charge in [0.05, 0.1) is 18.2 Å². The first-order valence-electron chi connectivity index (χ1n) is 13.5. The van der Waals surface area contributed by atoms with Crippen LogP contribution < -0.4 is 16.2 Å². The van der Waals surface area contributed by atoms with Crippen LogP contribution in [-0.4, -0.2) is 62.3 Å². The quantitative estimate of drug-likeness (QED) is 0.116. The molecule has 2 heterocycles. The van der Waals surface area contributed by atoms with Gasteiger partial charge in [-0.3, -0.25) is 9.79 Å². The number of nitrogens with zero attached hydrogens (tertiary/aromatic N) is 2. The number of aliphatic hydroxyl groups is 1. The molecule has 0 radical (unpaired) electrons. The van der Waals surface area contributed by atoms with Gasteiger partial charge in [0.2, 0.25) is 0 Å². The summed E-state index contributed by atoms with van der Waals surface area (Å²) in [6.45, 7) is 8.37. The molecule has 0 saturated heterocycles. The second kappa shape index (κ2) is 12.5. The van der Waals surface area contributed by atoms with Gasteiger partial charge in [-0.05, 0) is 72.3 Å². The number of amides is 1. The topological polar surface area (TPSA) is 172 Å². The molecule has 10 heteroatoms. The summed E-state index contributed by atoms with van der Waals surface area (Å²) in [5.74, 6) is -1.47. The lowest BCUT2D eigenvalue weighted by Crippen LogP contribution is -2.49. The second-order valence-corrected chi connectivity index (χ2v) is 11.0. The number of carbonyl (C=O) groups excluding carboxylic acids is 1. The average molecular weight is 543 g/mol. The fourth-order valence-electron chi connectivity index (χ4n) is 5.18. The molecule has 3 rings (SSSR count). The third-order valence-electron chi connectivity index (χ3n) is 7.54. The van der Waals surface area contributed by atoms with Gasteiger partial charge >= 0.3 is 5.97 Å². The normalized spacial score (nSPS) is 21.1. The van der Waals surface area contributed by atoms with E-state index in [2.05, 4.69) is 37.9 Å². The number of benzene rings is 1. The summed E-state index contributed by atoms with van der Waals surface area (Å²) in [5.41, 5.74) is 13.5. The number of rotatable bonds is 12. The van der Waals surface area contributed by atoms with Crippen LogP contribution in [-0.2, 0) is 17.8 Å². The molecule has 0 spiro atoms. The molecule has 0 saturated carbocycles. The first-order chi connectivity index (χ1) is 18.3. The number of phenolic OH excluding ortho intramolecular Hbond substituents is 1. The average Bonchev–Trinajstić information content (AvgIpc) is 3.15. The van der Waals surface area contributed by atoms with E-state index in [9.17, 15) is 24.9 Å². The summed E-state index contributed by atoms with van der Waals surface area (Å²) >= 11 is 0. The summed E-state index contributed by atoms with van der Waals surface area (Å²) < 4.78 is 6.39. The molecule has 0 fully saturated rings. The first kappa shape index (κ1) is 30.0. The van der Waals surface area contributed by atoms with E-state index in [-0.39, 0.29) is 43.2 Å². The monoisotopic (exact) mass is 542 g/mol. The Kier molecular flexibility index (Phi) is 9.66. The Morgan fingerprint density at radius 1 is 1.26 bits per heavy atom. The Morgan fingerprint density at radius 2 is 1.97 bits per heavy atom. The summed E-state index contributed by atoms with van der Waals surface area (Å²) in [5, 5.41) is 31.6. The van der Waals surface area contributed by atoms with Gasteiger partial charge in [0.15, 0.2) is 5.96 Å². The van der Waals surface area contributed by atoms with Crippen molar-refractivity contribution in [3.8, 4) is 11.5 Å². The van der Waals surface area contributed by atoms with Crippen molar-refractivity contribution < 1.29 is 29.6 Å². The van der Waals surface area contributed by atoms with Crippen molar-refractivity contribution in [1.29, 1.82) is 0 Å². The fourth-order valence-corrected chi connectivity index (χ4v) is 5.18. The van der Waals surface area contributed by atoms with Gasteiger partial charge in [-0.25, -0.2) is 4.79 Å². The Labute approximate surface area is 230 Å². The number of hydrogen-bond acceptors (Lipinski definition) is 6. The Morgan fingerprint density at radius 3 is 2.62 bits per heavy atom. The maximum atomic E-state index is 13.3. The summed E-state index contributed by atoms with van der Waals surface area (Å²) in [7, 11) is 0. The van der Waals surface area contributed by atoms with Crippen molar-refractivity contribution in [2.24, 2.45) is 16.5 Å². The van der Waals surface area contributed by atoms with Crippen molar-refractivity contribution >= 4 is 17.8 Å². The van der Waals surface area contributed by atoms with Crippen molar-refractivity contribution in [2.75, 3.05) is 6.54 Å². The third kappa shape index (κ3) is 7.11. The molecule has 1 aromatic carbocycles. The number of aliphatic hydroxyl groups excluding tert-OH is 1. The van der Waals surface area contributed by atoms with E-state index in [1.54, 1.807) is 0 Å². The highest BCUT2D eigenvalue weighted by molar-refractivity contribution is 6.02. The second-order valence-electron chi connectivity index (χ2n) is 11.0. The fraction of sp³-hybridized carbons (Fsp3) is 0.552. The maximum Gasteiger partial charge on any atom is 0.326 e. The van der Waals surface area contributed by atoms with Crippen molar-refractivity contribution in [2.45, 2.75) is 96.9 Å². The van der Waals surface area contributed by atoms with Crippen LogP contribution in [0.15, 0.2) is 34.4 Å².